The quantitative estimate of drug-likeness (QED) is 0.597. The lowest BCUT2D eigenvalue weighted by Gasteiger charge is -2.56. The van der Waals surface area contributed by atoms with Crippen molar-refractivity contribution in [1.29, 1.82) is 5.26 Å². The Morgan fingerprint density at radius 1 is 1.27 bits per heavy atom. The second-order valence-corrected chi connectivity index (χ2v) is 8.19. The van der Waals surface area contributed by atoms with Crippen LogP contribution in [0, 0.1) is 22.8 Å². The van der Waals surface area contributed by atoms with Gasteiger partial charge >= 0.3 is 5.97 Å². The maximum absolute atomic E-state index is 12.0. The summed E-state index contributed by atoms with van der Waals surface area (Å²) in [5.74, 6) is 0.230. The molecule has 1 unspecified atom stereocenters. The molecule has 0 aromatic heterocycles. The Labute approximate surface area is 155 Å². The SMILES string of the molecule is CC1C[C@@H]2C[C@H](OCC(=O)OCc3ccccc3)C[C@@H](N2C#N)C1(C)C. The molecule has 5 nitrogen and oxygen atoms in total. The summed E-state index contributed by atoms with van der Waals surface area (Å²) in [7, 11) is 0. The van der Waals surface area contributed by atoms with Gasteiger partial charge in [0.05, 0.1) is 6.10 Å². The zero-order valence-corrected chi connectivity index (χ0v) is 15.9. The molecule has 5 heteroatoms. The molecule has 0 amide bonds. The van der Waals surface area contributed by atoms with Gasteiger partial charge in [-0.15, -0.1) is 0 Å². The van der Waals surface area contributed by atoms with E-state index in [-0.39, 0.29) is 42.8 Å². The first-order chi connectivity index (χ1) is 12.4. The van der Waals surface area contributed by atoms with E-state index >= 15 is 0 Å². The van der Waals surface area contributed by atoms with Crippen molar-refractivity contribution in [2.24, 2.45) is 11.3 Å². The van der Waals surface area contributed by atoms with Gasteiger partial charge in [0, 0.05) is 12.1 Å². The van der Waals surface area contributed by atoms with Gasteiger partial charge in [-0.3, -0.25) is 0 Å². The van der Waals surface area contributed by atoms with Crippen LogP contribution in [0.4, 0.5) is 0 Å². The Morgan fingerprint density at radius 2 is 2.00 bits per heavy atom. The summed E-state index contributed by atoms with van der Waals surface area (Å²) >= 11 is 0. The van der Waals surface area contributed by atoms with Gasteiger partial charge in [0.1, 0.15) is 13.2 Å². The van der Waals surface area contributed by atoms with Gasteiger partial charge in [0.25, 0.3) is 0 Å². The van der Waals surface area contributed by atoms with Gasteiger partial charge in [-0.25, -0.2) is 4.79 Å². The normalized spacial score (nSPS) is 29.7. The number of rotatable bonds is 5. The van der Waals surface area contributed by atoms with Gasteiger partial charge in [-0.2, -0.15) is 5.26 Å². The summed E-state index contributed by atoms with van der Waals surface area (Å²) in [6.45, 7) is 6.99. The third-order valence-electron chi connectivity index (χ3n) is 6.30. The van der Waals surface area contributed by atoms with Crippen LogP contribution in [0.3, 0.4) is 0 Å². The summed E-state index contributed by atoms with van der Waals surface area (Å²) < 4.78 is 11.2. The molecule has 26 heavy (non-hydrogen) atoms. The maximum Gasteiger partial charge on any atom is 0.332 e. The van der Waals surface area contributed by atoms with E-state index in [0.29, 0.717) is 5.92 Å². The van der Waals surface area contributed by atoms with Crippen LogP contribution in [0.2, 0.25) is 0 Å². The molecule has 2 heterocycles. The molecule has 0 aliphatic carbocycles. The third-order valence-corrected chi connectivity index (χ3v) is 6.30. The highest BCUT2D eigenvalue weighted by molar-refractivity contribution is 5.70. The number of piperidine rings is 2. The molecule has 2 aliphatic heterocycles. The number of carbonyl (C=O) groups is 1. The van der Waals surface area contributed by atoms with Crippen LogP contribution >= 0.6 is 0 Å². The molecule has 2 aliphatic rings. The number of carbonyl (C=O) groups excluding carboxylic acids is 1. The molecule has 140 valence electrons. The molecule has 0 saturated carbocycles. The molecule has 2 fully saturated rings. The topological polar surface area (TPSA) is 62.6 Å². The summed E-state index contributed by atoms with van der Waals surface area (Å²) in [4.78, 5) is 14.0. The lowest BCUT2D eigenvalue weighted by atomic mass is 9.63. The minimum atomic E-state index is -0.339. The van der Waals surface area contributed by atoms with Gasteiger partial charge in [0.15, 0.2) is 6.19 Å². The van der Waals surface area contributed by atoms with Crippen molar-refractivity contribution in [2.75, 3.05) is 6.61 Å². The van der Waals surface area contributed by atoms with E-state index in [0.717, 1.165) is 24.8 Å². The summed E-state index contributed by atoms with van der Waals surface area (Å²) in [5.41, 5.74) is 1.02. The first-order valence-corrected chi connectivity index (χ1v) is 9.41. The van der Waals surface area contributed by atoms with Crippen molar-refractivity contribution < 1.29 is 14.3 Å². The lowest BCUT2D eigenvalue weighted by molar-refractivity contribution is -0.157. The van der Waals surface area contributed by atoms with Gasteiger partial charge < -0.3 is 14.4 Å². The number of esters is 1. The van der Waals surface area contributed by atoms with Crippen molar-refractivity contribution in [3.8, 4) is 6.19 Å². The highest BCUT2D eigenvalue weighted by Gasteiger charge is 2.50. The molecule has 1 aromatic carbocycles. The van der Waals surface area contributed by atoms with E-state index in [1.165, 1.54) is 0 Å². The Kier molecular flexibility index (Phi) is 5.52. The van der Waals surface area contributed by atoms with E-state index in [1.807, 2.05) is 35.2 Å². The first kappa shape index (κ1) is 18.7. The number of fused-ring (bicyclic) bond motifs is 2. The van der Waals surface area contributed by atoms with Gasteiger partial charge in [-0.05, 0) is 36.2 Å². The van der Waals surface area contributed by atoms with Crippen LogP contribution in [0.5, 0.6) is 0 Å². The number of hydrogen-bond acceptors (Lipinski definition) is 5. The highest BCUT2D eigenvalue weighted by Crippen LogP contribution is 2.48. The minimum Gasteiger partial charge on any atom is -0.459 e. The third kappa shape index (κ3) is 3.86. The first-order valence-electron chi connectivity index (χ1n) is 9.41. The molecule has 0 N–H and O–H groups in total. The number of benzene rings is 1. The molecule has 0 radical (unpaired) electrons. The van der Waals surface area contributed by atoms with Crippen molar-refractivity contribution in [3.63, 3.8) is 0 Å². The standard InChI is InChI=1S/C21H28N2O3/c1-15-9-17-10-18(11-19(21(15,2)3)23(17)14-22)25-13-20(24)26-12-16-7-5-4-6-8-16/h4-8,15,17-19H,9-13H2,1-3H3/t15?,17-,18+,19-/m1/s1. The van der Waals surface area contributed by atoms with Crippen LogP contribution < -0.4 is 0 Å². The summed E-state index contributed by atoms with van der Waals surface area (Å²) in [6.07, 6.45) is 4.98. The Hall–Kier alpha value is -2.06. The van der Waals surface area contributed by atoms with Crippen LogP contribution in [0.25, 0.3) is 0 Å². The molecule has 0 spiro atoms. The zero-order valence-electron chi connectivity index (χ0n) is 15.9. The Bertz CT molecular complexity index is 668. The molecular formula is C21H28N2O3. The molecule has 3 rings (SSSR count). The summed E-state index contributed by atoms with van der Waals surface area (Å²) in [5, 5.41) is 9.56. The van der Waals surface area contributed by atoms with Crippen molar-refractivity contribution in [3.05, 3.63) is 35.9 Å². The number of hydrogen-bond donors (Lipinski definition) is 0. The van der Waals surface area contributed by atoms with Crippen molar-refractivity contribution in [2.45, 2.75) is 64.8 Å². The second-order valence-electron chi connectivity index (χ2n) is 8.19. The predicted molar refractivity (Wildman–Crippen MR) is 97.8 cm³/mol. The van der Waals surface area contributed by atoms with Crippen LogP contribution in [0.1, 0.15) is 45.6 Å². The zero-order chi connectivity index (χ0) is 18.7. The fourth-order valence-corrected chi connectivity index (χ4v) is 4.30. The van der Waals surface area contributed by atoms with Crippen molar-refractivity contribution >= 4 is 5.97 Å². The average Bonchev–Trinajstić information content (AvgIpc) is 2.64. The summed E-state index contributed by atoms with van der Waals surface area (Å²) in [6, 6.07) is 10.0. The number of ether oxygens (including phenoxy) is 2. The number of nitrogens with zero attached hydrogens (tertiary/aromatic N) is 2. The lowest BCUT2D eigenvalue weighted by Crippen LogP contribution is -2.61. The fourth-order valence-electron chi connectivity index (χ4n) is 4.30. The Balaban J connectivity index is 1.52. The predicted octanol–water partition coefficient (Wildman–Crippen LogP) is 3.50. The highest BCUT2D eigenvalue weighted by atomic mass is 16.6. The van der Waals surface area contributed by atoms with E-state index in [2.05, 4.69) is 27.0 Å². The van der Waals surface area contributed by atoms with Crippen LogP contribution in [-0.4, -0.2) is 35.7 Å². The minimum absolute atomic E-state index is 0.00523. The second kappa shape index (κ2) is 7.67. The van der Waals surface area contributed by atoms with Crippen LogP contribution in [0.15, 0.2) is 30.3 Å². The van der Waals surface area contributed by atoms with E-state index in [9.17, 15) is 10.1 Å². The molecule has 2 saturated heterocycles. The molecular weight excluding hydrogens is 328 g/mol. The average molecular weight is 356 g/mol. The van der Waals surface area contributed by atoms with Gasteiger partial charge in [-0.1, -0.05) is 51.1 Å². The fraction of sp³-hybridized carbons (Fsp3) is 0.619. The Morgan fingerprint density at radius 3 is 2.69 bits per heavy atom. The monoisotopic (exact) mass is 356 g/mol. The van der Waals surface area contributed by atoms with E-state index in [4.69, 9.17) is 9.47 Å². The molecule has 1 aromatic rings. The van der Waals surface area contributed by atoms with Gasteiger partial charge in [0.2, 0.25) is 0 Å². The number of nitriles is 1. The van der Waals surface area contributed by atoms with E-state index < -0.39 is 0 Å². The van der Waals surface area contributed by atoms with E-state index in [1.54, 1.807) is 0 Å². The smallest absolute Gasteiger partial charge is 0.332 e. The largest absolute Gasteiger partial charge is 0.459 e. The molecule has 2 bridgehead atoms. The van der Waals surface area contributed by atoms with Crippen LogP contribution in [-0.2, 0) is 20.9 Å². The molecule has 4 atom stereocenters. The maximum atomic E-state index is 12.0. The van der Waals surface area contributed by atoms with Crippen molar-refractivity contribution in [1.82, 2.24) is 4.90 Å².